The lowest BCUT2D eigenvalue weighted by Gasteiger charge is -2.13. The third kappa shape index (κ3) is 1.51. The van der Waals surface area contributed by atoms with Crippen molar-refractivity contribution in [2.24, 2.45) is 0 Å². The van der Waals surface area contributed by atoms with E-state index in [4.69, 9.17) is 10.5 Å². The van der Waals surface area contributed by atoms with Crippen LogP contribution < -0.4 is 0 Å². The molecular weight excluding hydrogens is 164 g/mol. The van der Waals surface area contributed by atoms with Crippen molar-refractivity contribution in [3.05, 3.63) is 35.9 Å². The van der Waals surface area contributed by atoms with Crippen LogP contribution in [0, 0.1) is 22.7 Å². The quantitative estimate of drug-likeness (QED) is 0.674. The number of nitrogens with zero attached hydrogens (tertiary/aromatic N) is 2. The van der Waals surface area contributed by atoms with E-state index < -0.39 is 12.0 Å². The largest absolute Gasteiger partial charge is 0.233 e. The standard InChI is InChI=1S/C10H7N2O/c11-6-10(7-12,8-13)9-4-2-1-3-5-9/h1-5H,8H2. The molecule has 0 bridgehead atoms. The molecule has 1 radical (unpaired) electrons. The lowest BCUT2D eigenvalue weighted by Crippen LogP contribution is -2.25. The molecule has 13 heavy (non-hydrogen) atoms. The van der Waals surface area contributed by atoms with Gasteiger partial charge >= 0.3 is 0 Å². The molecule has 0 aromatic heterocycles. The molecule has 0 amide bonds. The Balaban J connectivity index is 3.21. The van der Waals surface area contributed by atoms with Gasteiger partial charge in [-0.25, -0.2) is 5.11 Å². The summed E-state index contributed by atoms with van der Waals surface area (Å²) in [6.07, 6.45) is 0. The number of nitriles is 2. The van der Waals surface area contributed by atoms with Gasteiger partial charge in [-0.05, 0) is 5.56 Å². The number of rotatable bonds is 2. The fourth-order valence-corrected chi connectivity index (χ4v) is 1.02. The van der Waals surface area contributed by atoms with E-state index in [1.807, 2.05) is 0 Å². The van der Waals surface area contributed by atoms with Crippen molar-refractivity contribution >= 4 is 0 Å². The molecule has 0 atom stereocenters. The van der Waals surface area contributed by atoms with Crippen LogP contribution >= 0.6 is 0 Å². The first kappa shape index (κ1) is 9.25. The summed E-state index contributed by atoms with van der Waals surface area (Å²) < 4.78 is 0. The molecule has 0 N–H and O–H groups in total. The molecule has 63 valence electrons. The van der Waals surface area contributed by atoms with Gasteiger partial charge in [0.05, 0.1) is 12.1 Å². The molecule has 0 spiro atoms. The zero-order chi connectivity index (χ0) is 9.73. The molecule has 0 saturated carbocycles. The fourth-order valence-electron chi connectivity index (χ4n) is 1.02. The molecule has 0 fully saturated rings. The summed E-state index contributed by atoms with van der Waals surface area (Å²) in [6, 6.07) is 11.9. The van der Waals surface area contributed by atoms with Crippen LogP contribution in [-0.4, -0.2) is 6.61 Å². The molecule has 0 saturated heterocycles. The van der Waals surface area contributed by atoms with Crippen molar-refractivity contribution in [2.45, 2.75) is 5.41 Å². The van der Waals surface area contributed by atoms with E-state index >= 15 is 0 Å². The van der Waals surface area contributed by atoms with E-state index in [1.54, 1.807) is 42.5 Å². The Morgan fingerprint density at radius 3 is 2.08 bits per heavy atom. The van der Waals surface area contributed by atoms with E-state index in [0.29, 0.717) is 5.56 Å². The maximum absolute atomic E-state index is 10.8. The Morgan fingerprint density at radius 1 is 1.15 bits per heavy atom. The smallest absolute Gasteiger partial charge is 0.194 e. The van der Waals surface area contributed by atoms with Gasteiger partial charge in [-0.2, -0.15) is 10.5 Å². The molecule has 1 aromatic rings. The first-order valence-electron chi connectivity index (χ1n) is 3.75. The molecule has 0 heterocycles. The van der Waals surface area contributed by atoms with Gasteiger partial charge in [0, 0.05) is 0 Å². The highest BCUT2D eigenvalue weighted by Gasteiger charge is 2.32. The summed E-state index contributed by atoms with van der Waals surface area (Å²) in [5.41, 5.74) is -1.06. The van der Waals surface area contributed by atoms with Crippen molar-refractivity contribution in [3.8, 4) is 12.1 Å². The van der Waals surface area contributed by atoms with Gasteiger partial charge in [-0.1, -0.05) is 30.3 Å². The van der Waals surface area contributed by atoms with E-state index in [9.17, 15) is 5.11 Å². The molecular formula is C10H7N2O. The SMILES string of the molecule is N#CC(C#N)(C[O])c1ccccc1. The van der Waals surface area contributed by atoms with E-state index in [-0.39, 0.29) is 0 Å². The van der Waals surface area contributed by atoms with Gasteiger partial charge < -0.3 is 0 Å². The minimum Gasteiger partial charge on any atom is -0.233 e. The summed E-state index contributed by atoms with van der Waals surface area (Å²) in [6.45, 7) is -0.732. The monoisotopic (exact) mass is 171 g/mol. The van der Waals surface area contributed by atoms with Crippen LogP contribution in [0.5, 0.6) is 0 Å². The first-order chi connectivity index (χ1) is 6.29. The van der Waals surface area contributed by atoms with Gasteiger partial charge in [-0.15, -0.1) is 0 Å². The number of hydrogen-bond donors (Lipinski definition) is 0. The highest BCUT2D eigenvalue weighted by atomic mass is 16.3. The van der Waals surface area contributed by atoms with Crippen molar-refractivity contribution in [1.82, 2.24) is 0 Å². The maximum Gasteiger partial charge on any atom is 0.194 e. The minimum absolute atomic E-state index is 0.468. The Bertz CT molecular complexity index is 345. The minimum atomic E-state index is -1.53. The van der Waals surface area contributed by atoms with Crippen LogP contribution in [0.2, 0.25) is 0 Å². The van der Waals surface area contributed by atoms with E-state index in [1.165, 1.54) is 0 Å². The predicted molar refractivity (Wildman–Crippen MR) is 44.9 cm³/mol. The third-order valence-electron chi connectivity index (χ3n) is 1.86. The highest BCUT2D eigenvalue weighted by molar-refractivity contribution is 5.39. The van der Waals surface area contributed by atoms with Crippen LogP contribution in [-0.2, 0) is 10.5 Å². The van der Waals surface area contributed by atoms with Crippen LogP contribution in [0.3, 0.4) is 0 Å². The average molecular weight is 171 g/mol. The lowest BCUT2D eigenvalue weighted by atomic mass is 9.84. The van der Waals surface area contributed by atoms with Crippen LogP contribution in [0.15, 0.2) is 30.3 Å². The van der Waals surface area contributed by atoms with Crippen molar-refractivity contribution in [3.63, 3.8) is 0 Å². The Kier molecular flexibility index (Phi) is 2.64. The molecule has 0 unspecified atom stereocenters. The molecule has 3 nitrogen and oxygen atoms in total. The van der Waals surface area contributed by atoms with Gasteiger partial charge in [-0.3, -0.25) is 0 Å². The van der Waals surface area contributed by atoms with Crippen molar-refractivity contribution in [2.75, 3.05) is 6.61 Å². The molecule has 1 aromatic carbocycles. The Labute approximate surface area is 76.5 Å². The molecule has 0 aliphatic rings. The average Bonchev–Trinajstić information content (AvgIpc) is 2.23. The Morgan fingerprint density at radius 2 is 1.69 bits per heavy atom. The normalized spacial score (nSPS) is 10.1. The third-order valence-corrected chi connectivity index (χ3v) is 1.86. The summed E-state index contributed by atoms with van der Waals surface area (Å²) in [4.78, 5) is 0. The van der Waals surface area contributed by atoms with Crippen molar-refractivity contribution < 1.29 is 5.11 Å². The predicted octanol–water partition coefficient (Wildman–Crippen LogP) is 1.40. The molecule has 3 heteroatoms. The van der Waals surface area contributed by atoms with Gasteiger partial charge in [0.25, 0.3) is 0 Å². The van der Waals surface area contributed by atoms with Crippen LogP contribution in [0.4, 0.5) is 0 Å². The summed E-state index contributed by atoms with van der Waals surface area (Å²) in [5.74, 6) is 0. The topological polar surface area (TPSA) is 67.5 Å². The number of hydrogen-bond acceptors (Lipinski definition) is 2. The van der Waals surface area contributed by atoms with E-state index in [2.05, 4.69) is 0 Å². The summed E-state index contributed by atoms with van der Waals surface area (Å²) in [5, 5.41) is 28.3. The summed E-state index contributed by atoms with van der Waals surface area (Å²) in [7, 11) is 0. The van der Waals surface area contributed by atoms with E-state index in [0.717, 1.165) is 0 Å². The van der Waals surface area contributed by atoms with Crippen LogP contribution in [0.25, 0.3) is 0 Å². The Hall–Kier alpha value is -1.84. The maximum atomic E-state index is 10.8. The zero-order valence-corrected chi connectivity index (χ0v) is 6.90. The second kappa shape index (κ2) is 3.71. The second-order valence-corrected chi connectivity index (χ2v) is 2.64. The second-order valence-electron chi connectivity index (χ2n) is 2.64. The van der Waals surface area contributed by atoms with Gasteiger partial charge in [0.2, 0.25) is 0 Å². The first-order valence-corrected chi connectivity index (χ1v) is 3.75. The molecule has 0 aliphatic heterocycles. The van der Waals surface area contributed by atoms with Gasteiger partial charge in [0.15, 0.2) is 5.41 Å². The zero-order valence-electron chi connectivity index (χ0n) is 6.90. The van der Waals surface area contributed by atoms with Gasteiger partial charge in [0.1, 0.15) is 6.61 Å². The van der Waals surface area contributed by atoms with Crippen LogP contribution in [0.1, 0.15) is 5.56 Å². The lowest BCUT2D eigenvalue weighted by molar-refractivity contribution is 0.166. The highest BCUT2D eigenvalue weighted by Crippen LogP contribution is 2.21. The molecule has 1 rings (SSSR count). The van der Waals surface area contributed by atoms with Crippen molar-refractivity contribution in [1.29, 1.82) is 10.5 Å². The summed E-state index contributed by atoms with van der Waals surface area (Å²) >= 11 is 0. The molecule has 0 aliphatic carbocycles. The number of benzene rings is 1. The fraction of sp³-hybridized carbons (Fsp3) is 0.200.